The fourth-order valence-corrected chi connectivity index (χ4v) is 0.974. The zero-order chi connectivity index (χ0) is 8.53. The summed E-state index contributed by atoms with van der Waals surface area (Å²) in [5, 5.41) is 2.64. The first-order chi connectivity index (χ1) is 5.31. The molecular formula is C7H12N2OS. The first-order valence-corrected chi connectivity index (χ1v) is 4.44. The molecule has 0 radical (unpaired) electrons. The molecule has 0 aliphatic rings. The van der Waals surface area contributed by atoms with Crippen molar-refractivity contribution in [2.75, 3.05) is 24.6 Å². The fraction of sp³-hybridized carbons (Fsp3) is 0.571. The number of rotatable bonds is 5. The van der Waals surface area contributed by atoms with E-state index >= 15 is 0 Å². The van der Waals surface area contributed by atoms with Crippen LogP contribution in [0.4, 0.5) is 0 Å². The van der Waals surface area contributed by atoms with Crippen molar-refractivity contribution in [3.8, 4) is 12.3 Å². The van der Waals surface area contributed by atoms with E-state index < -0.39 is 0 Å². The average molecular weight is 172 g/mol. The molecule has 0 bridgehead atoms. The van der Waals surface area contributed by atoms with Crippen LogP contribution in [0, 0.1) is 12.3 Å². The van der Waals surface area contributed by atoms with Crippen LogP contribution in [0.15, 0.2) is 0 Å². The molecule has 0 spiro atoms. The predicted octanol–water partition coefficient (Wildman–Crippen LogP) is -0.572. The second-order valence-electron chi connectivity index (χ2n) is 1.81. The molecule has 0 atom stereocenters. The standard InChI is InChI=1S/C7H12N2OS/c1-2-4-11-5-3-9-7(10)6-8/h1H,3-6,8H2,(H,9,10). The minimum absolute atomic E-state index is 0.0554. The molecule has 4 heteroatoms. The maximum Gasteiger partial charge on any atom is 0.233 e. The van der Waals surface area contributed by atoms with Gasteiger partial charge in [-0.25, -0.2) is 0 Å². The molecule has 0 saturated heterocycles. The maximum absolute atomic E-state index is 10.6. The lowest BCUT2D eigenvalue weighted by Gasteiger charge is -2.00. The zero-order valence-electron chi connectivity index (χ0n) is 6.30. The lowest BCUT2D eigenvalue weighted by molar-refractivity contribution is -0.119. The van der Waals surface area contributed by atoms with Crippen molar-refractivity contribution in [1.82, 2.24) is 5.32 Å². The lowest BCUT2D eigenvalue weighted by Crippen LogP contribution is -2.31. The molecule has 0 aliphatic heterocycles. The van der Waals surface area contributed by atoms with E-state index in [1.54, 1.807) is 11.8 Å². The van der Waals surface area contributed by atoms with Gasteiger partial charge in [0.05, 0.1) is 12.3 Å². The number of amides is 1. The molecule has 0 heterocycles. The smallest absolute Gasteiger partial charge is 0.233 e. The fourth-order valence-electron chi connectivity index (χ4n) is 0.466. The van der Waals surface area contributed by atoms with Crippen molar-refractivity contribution in [2.24, 2.45) is 5.73 Å². The van der Waals surface area contributed by atoms with Crippen LogP contribution < -0.4 is 11.1 Å². The molecular weight excluding hydrogens is 160 g/mol. The highest BCUT2D eigenvalue weighted by atomic mass is 32.2. The van der Waals surface area contributed by atoms with E-state index in [4.69, 9.17) is 12.2 Å². The van der Waals surface area contributed by atoms with Crippen molar-refractivity contribution in [2.45, 2.75) is 0 Å². The Kier molecular flexibility index (Phi) is 7.00. The van der Waals surface area contributed by atoms with E-state index in [1.807, 2.05) is 0 Å². The summed E-state index contributed by atoms with van der Waals surface area (Å²) in [6.45, 7) is 0.697. The normalized spacial score (nSPS) is 8.73. The molecule has 62 valence electrons. The summed E-state index contributed by atoms with van der Waals surface area (Å²) in [4.78, 5) is 10.6. The molecule has 0 aliphatic carbocycles. The number of hydrogen-bond acceptors (Lipinski definition) is 3. The summed E-state index contributed by atoms with van der Waals surface area (Å²) in [6.07, 6.45) is 5.02. The summed E-state index contributed by atoms with van der Waals surface area (Å²) in [7, 11) is 0. The van der Waals surface area contributed by atoms with Crippen LogP contribution in [0.2, 0.25) is 0 Å². The van der Waals surface area contributed by atoms with Gasteiger partial charge in [-0.2, -0.15) is 0 Å². The van der Waals surface area contributed by atoms with Crippen molar-refractivity contribution in [3.05, 3.63) is 0 Å². The van der Waals surface area contributed by atoms with Crippen LogP contribution in [0.5, 0.6) is 0 Å². The summed E-state index contributed by atoms with van der Waals surface area (Å²) in [5.41, 5.74) is 5.06. The SMILES string of the molecule is C#CCSCCNC(=O)CN. The van der Waals surface area contributed by atoms with E-state index in [2.05, 4.69) is 11.2 Å². The van der Waals surface area contributed by atoms with Gasteiger partial charge in [0.2, 0.25) is 5.91 Å². The van der Waals surface area contributed by atoms with Crippen LogP contribution in [-0.4, -0.2) is 30.5 Å². The Morgan fingerprint density at radius 2 is 2.45 bits per heavy atom. The summed E-state index contributed by atoms with van der Waals surface area (Å²) in [5.74, 6) is 3.91. The van der Waals surface area contributed by atoms with Crippen LogP contribution in [0.25, 0.3) is 0 Å². The molecule has 3 N–H and O–H groups in total. The highest BCUT2D eigenvalue weighted by Crippen LogP contribution is 1.94. The van der Waals surface area contributed by atoms with Crippen molar-refractivity contribution >= 4 is 17.7 Å². The zero-order valence-corrected chi connectivity index (χ0v) is 7.12. The van der Waals surface area contributed by atoms with Gasteiger partial charge in [-0.15, -0.1) is 18.2 Å². The van der Waals surface area contributed by atoms with Crippen LogP contribution >= 0.6 is 11.8 Å². The number of thioether (sulfide) groups is 1. The number of terminal acetylenes is 1. The van der Waals surface area contributed by atoms with Crippen LogP contribution in [0.1, 0.15) is 0 Å². The van der Waals surface area contributed by atoms with Gasteiger partial charge in [-0.3, -0.25) is 4.79 Å². The number of carbonyl (C=O) groups excluding carboxylic acids is 1. The Hall–Kier alpha value is -0.660. The van der Waals surface area contributed by atoms with Gasteiger partial charge < -0.3 is 11.1 Å². The van der Waals surface area contributed by atoms with E-state index in [0.29, 0.717) is 12.3 Å². The molecule has 0 saturated carbocycles. The van der Waals surface area contributed by atoms with E-state index in [0.717, 1.165) is 5.75 Å². The molecule has 0 aromatic heterocycles. The number of carbonyl (C=O) groups is 1. The number of hydrogen-bond donors (Lipinski definition) is 2. The molecule has 0 rings (SSSR count). The largest absolute Gasteiger partial charge is 0.354 e. The minimum Gasteiger partial charge on any atom is -0.354 e. The van der Waals surface area contributed by atoms with Crippen molar-refractivity contribution in [3.63, 3.8) is 0 Å². The van der Waals surface area contributed by atoms with Crippen molar-refractivity contribution in [1.29, 1.82) is 0 Å². The van der Waals surface area contributed by atoms with Crippen LogP contribution in [0.3, 0.4) is 0 Å². The monoisotopic (exact) mass is 172 g/mol. The minimum atomic E-state index is -0.119. The second-order valence-corrected chi connectivity index (χ2v) is 2.92. The Bertz CT molecular complexity index is 153. The Morgan fingerprint density at radius 3 is 3.00 bits per heavy atom. The molecule has 11 heavy (non-hydrogen) atoms. The van der Waals surface area contributed by atoms with Gasteiger partial charge in [0.1, 0.15) is 0 Å². The van der Waals surface area contributed by atoms with E-state index in [-0.39, 0.29) is 12.5 Å². The van der Waals surface area contributed by atoms with E-state index in [1.165, 1.54) is 0 Å². The quantitative estimate of drug-likeness (QED) is 0.431. The molecule has 0 unspecified atom stereocenters. The van der Waals surface area contributed by atoms with Gasteiger partial charge in [0.25, 0.3) is 0 Å². The third-order valence-corrected chi connectivity index (χ3v) is 1.80. The first kappa shape index (κ1) is 10.3. The number of nitrogens with two attached hydrogens (primary N) is 1. The topological polar surface area (TPSA) is 55.1 Å². The first-order valence-electron chi connectivity index (χ1n) is 3.29. The highest BCUT2D eigenvalue weighted by Gasteiger charge is 1.93. The Morgan fingerprint density at radius 1 is 1.73 bits per heavy atom. The summed E-state index contributed by atoms with van der Waals surface area (Å²) >= 11 is 1.61. The third-order valence-electron chi connectivity index (χ3n) is 0.939. The lowest BCUT2D eigenvalue weighted by atomic mass is 10.6. The predicted molar refractivity (Wildman–Crippen MR) is 48.2 cm³/mol. The van der Waals surface area contributed by atoms with Gasteiger partial charge >= 0.3 is 0 Å². The average Bonchev–Trinajstić information content (AvgIpc) is 2.04. The van der Waals surface area contributed by atoms with Gasteiger partial charge in [-0.1, -0.05) is 5.92 Å². The maximum atomic E-state index is 10.6. The van der Waals surface area contributed by atoms with E-state index in [9.17, 15) is 4.79 Å². The molecule has 0 aromatic carbocycles. The molecule has 1 amide bonds. The number of nitrogens with one attached hydrogen (secondary N) is 1. The molecule has 3 nitrogen and oxygen atoms in total. The summed E-state index contributed by atoms with van der Waals surface area (Å²) in [6, 6.07) is 0. The Balaban J connectivity index is 3.03. The van der Waals surface area contributed by atoms with Gasteiger partial charge in [0, 0.05) is 12.3 Å². The third kappa shape index (κ3) is 7.23. The van der Waals surface area contributed by atoms with Crippen molar-refractivity contribution < 1.29 is 4.79 Å². The van der Waals surface area contributed by atoms with Gasteiger partial charge in [0.15, 0.2) is 0 Å². The van der Waals surface area contributed by atoms with Crippen LogP contribution in [-0.2, 0) is 4.79 Å². The Labute approximate surface area is 71.1 Å². The highest BCUT2D eigenvalue weighted by molar-refractivity contribution is 7.99. The molecule has 0 aromatic rings. The molecule has 0 fully saturated rings. The van der Waals surface area contributed by atoms with Gasteiger partial charge in [-0.05, 0) is 0 Å². The summed E-state index contributed by atoms with van der Waals surface area (Å²) < 4.78 is 0. The second kappa shape index (κ2) is 7.45.